The molecule has 92 valence electrons. The lowest BCUT2D eigenvalue weighted by molar-refractivity contribution is 0.459. The zero-order valence-electron chi connectivity index (χ0n) is 10.6. The highest BCUT2D eigenvalue weighted by molar-refractivity contribution is 5.94. The van der Waals surface area contributed by atoms with Gasteiger partial charge in [0.05, 0.1) is 17.9 Å². The van der Waals surface area contributed by atoms with Crippen LogP contribution < -0.4 is 0 Å². The van der Waals surface area contributed by atoms with Crippen molar-refractivity contribution in [1.29, 1.82) is 5.26 Å². The van der Waals surface area contributed by atoms with Crippen molar-refractivity contribution in [2.24, 2.45) is 0 Å². The molecule has 1 aromatic heterocycles. The normalized spacial score (nSPS) is 10.5. The lowest BCUT2D eigenvalue weighted by Crippen LogP contribution is -1.85. The smallest absolute Gasteiger partial charge is 0.168 e. The standard InChI is InChI=1S/C16H12N2O/c1-11-9-12(7-8-17)10-14-15(11)16(18-19-14)13-5-3-2-4-6-13/h2-6,9-10H,7H2,1H3. The van der Waals surface area contributed by atoms with Crippen molar-refractivity contribution < 1.29 is 4.52 Å². The Hall–Kier alpha value is -2.60. The lowest BCUT2D eigenvalue weighted by Gasteiger charge is -2.01. The fraction of sp³-hybridized carbons (Fsp3) is 0.125. The number of hydrogen-bond acceptors (Lipinski definition) is 3. The van der Waals surface area contributed by atoms with Gasteiger partial charge in [-0.25, -0.2) is 0 Å². The number of fused-ring (bicyclic) bond motifs is 1. The molecular weight excluding hydrogens is 236 g/mol. The van der Waals surface area contributed by atoms with Crippen molar-refractivity contribution in [3.8, 4) is 17.3 Å². The van der Waals surface area contributed by atoms with Crippen molar-refractivity contribution >= 4 is 11.0 Å². The summed E-state index contributed by atoms with van der Waals surface area (Å²) >= 11 is 0. The summed E-state index contributed by atoms with van der Waals surface area (Å²) < 4.78 is 5.41. The molecule has 0 radical (unpaired) electrons. The molecule has 0 unspecified atom stereocenters. The van der Waals surface area contributed by atoms with Crippen LogP contribution in [0.25, 0.3) is 22.2 Å². The molecule has 19 heavy (non-hydrogen) atoms. The van der Waals surface area contributed by atoms with Crippen LogP contribution in [0.2, 0.25) is 0 Å². The minimum absolute atomic E-state index is 0.387. The van der Waals surface area contributed by atoms with E-state index < -0.39 is 0 Å². The molecule has 0 fully saturated rings. The van der Waals surface area contributed by atoms with Crippen LogP contribution in [0.15, 0.2) is 47.0 Å². The Balaban J connectivity index is 2.22. The number of benzene rings is 2. The number of aryl methyl sites for hydroxylation is 1. The van der Waals surface area contributed by atoms with Crippen LogP contribution >= 0.6 is 0 Å². The minimum Gasteiger partial charge on any atom is -0.356 e. The molecule has 0 spiro atoms. The largest absolute Gasteiger partial charge is 0.356 e. The van der Waals surface area contributed by atoms with E-state index in [4.69, 9.17) is 9.78 Å². The van der Waals surface area contributed by atoms with Gasteiger partial charge in [0.1, 0.15) is 5.69 Å². The Morgan fingerprint density at radius 2 is 2.00 bits per heavy atom. The van der Waals surface area contributed by atoms with Crippen LogP contribution in [-0.2, 0) is 6.42 Å². The molecule has 0 bridgehead atoms. The number of aromatic nitrogens is 1. The summed E-state index contributed by atoms with van der Waals surface area (Å²) in [5.74, 6) is 0. The van der Waals surface area contributed by atoms with Gasteiger partial charge in [-0.05, 0) is 24.1 Å². The van der Waals surface area contributed by atoms with Gasteiger partial charge in [0.15, 0.2) is 5.58 Å². The van der Waals surface area contributed by atoms with Gasteiger partial charge in [0.25, 0.3) is 0 Å². The van der Waals surface area contributed by atoms with E-state index >= 15 is 0 Å². The van der Waals surface area contributed by atoms with Crippen LogP contribution in [0.1, 0.15) is 11.1 Å². The van der Waals surface area contributed by atoms with E-state index in [1.54, 1.807) is 0 Å². The highest BCUT2D eigenvalue weighted by atomic mass is 16.5. The topological polar surface area (TPSA) is 49.8 Å². The molecule has 0 amide bonds. The summed E-state index contributed by atoms with van der Waals surface area (Å²) in [5, 5.41) is 14.0. The summed E-state index contributed by atoms with van der Waals surface area (Å²) in [6, 6.07) is 16.0. The average molecular weight is 248 g/mol. The SMILES string of the molecule is Cc1cc(CC#N)cc2onc(-c3ccccc3)c12. The van der Waals surface area contributed by atoms with Crippen LogP contribution in [0.3, 0.4) is 0 Å². The molecule has 0 atom stereocenters. The van der Waals surface area contributed by atoms with Crippen LogP contribution in [-0.4, -0.2) is 5.16 Å². The van der Waals surface area contributed by atoms with E-state index in [-0.39, 0.29) is 0 Å². The third kappa shape index (κ3) is 1.98. The lowest BCUT2D eigenvalue weighted by atomic mass is 10.0. The predicted octanol–water partition coefficient (Wildman–Crippen LogP) is 3.87. The number of rotatable bonds is 2. The monoisotopic (exact) mass is 248 g/mol. The molecule has 3 nitrogen and oxygen atoms in total. The second-order valence-corrected chi connectivity index (χ2v) is 4.52. The quantitative estimate of drug-likeness (QED) is 0.691. The van der Waals surface area contributed by atoms with E-state index in [1.165, 1.54) is 0 Å². The Labute approximate surface area is 111 Å². The molecular formula is C16H12N2O. The zero-order chi connectivity index (χ0) is 13.2. The minimum atomic E-state index is 0.387. The van der Waals surface area contributed by atoms with Crippen LogP contribution in [0.5, 0.6) is 0 Å². The molecule has 2 aromatic carbocycles. The first-order valence-electron chi connectivity index (χ1n) is 6.11. The maximum Gasteiger partial charge on any atom is 0.168 e. The Kier molecular flexibility index (Phi) is 2.77. The molecule has 0 aliphatic rings. The predicted molar refractivity (Wildman–Crippen MR) is 73.5 cm³/mol. The first-order valence-corrected chi connectivity index (χ1v) is 6.11. The molecule has 0 aliphatic heterocycles. The van der Waals surface area contributed by atoms with E-state index in [2.05, 4.69) is 11.2 Å². The van der Waals surface area contributed by atoms with Gasteiger partial charge in [0, 0.05) is 5.56 Å². The van der Waals surface area contributed by atoms with Gasteiger partial charge in [-0.2, -0.15) is 5.26 Å². The van der Waals surface area contributed by atoms with E-state index in [1.807, 2.05) is 49.4 Å². The Morgan fingerprint density at radius 3 is 2.74 bits per heavy atom. The molecule has 0 N–H and O–H groups in total. The highest BCUT2D eigenvalue weighted by Crippen LogP contribution is 2.31. The van der Waals surface area contributed by atoms with Gasteiger partial charge in [-0.3, -0.25) is 0 Å². The molecule has 0 saturated carbocycles. The van der Waals surface area contributed by atoms with Crippen molar-refractivity contribution in [2.75, 3.05) is 0 Å². The van der Waals surface area contributed by atoms with Crippen molar-refractivity contribution in [3.63, 3.8) is 0 Å². The molecule has 0 aliphatic carbocycles. The number of nitrogens with zero attached hydrogens (tertiary/aromatic N) is 2. The Bertz CT molecular complexity index is 767. The molecule has 3 aromatic rings. The summed E-state index contributed by atoms with van der Waals surface area (Å²) in [5.41, 5.74) is 4.68. The zero-order valence-corrected chi connectivity index (χ0v) is 10.6. The summed E-state index contributed by atoms with van der Waals surface area (Å²) in [6.45, 7) is 2.02. The Morgan fingerprint density at radius 1 is 1.21 bits per heavy atom. The molecule has 3 heteroatoms. The maximum atomic E-state index is 8.77. The van der Waals surface area contributed by atoms with Gasteiger partial charge in [-0.15, -0.1) is 0 Å². The van der Waals surface area contributed by atoms with Crippen LogP contribution in [0, 0.1) is 18.3 Å². The first-order chi connectivity index (χ1) is 9.29. The fourth-order valence-corrected chi connectivity index (χ4v) is 2.33. The molecule has 0 saturated heterocycles. The van der Waals surface area contributed by atoms with Gasteiger partial charge in [0.2, 0.25) is 0 Å². The fourth-order valence-electron chi connectivity index (χ4n) is 2.33. The van der Waals surface area contributed by atoms with Crippen LogP contribution in [0.4, 0.5) is 0 Å². The van der Waals surface area contributed by atoms with Crippen molar-refractivity contribution in [3.05, 3.63) is 53.6 Å². The maximum absolute atomic E-state index is 8.77. The van der Waals surface area contributed by atoms with Gasteiger partial charge >= 0.3 is 0 Å². The third-order valence-corrected chi connectivity index (χ3v) is 3.16. The second-order valence-electron chi connectivity index (χ2n) is 4.52. The number of hydrogen-bond donors (Lipinski definition) is 0. The summed E-state index contributed by atoms with van der Waals surface area (Å²) in [6.07, 6.45) is 0.387. The summed E-state index contributed by atoms with van der Waals surface area (Å²) in [4.78, 5) is 0. The summed E-state index contributed by atoms with van der Waals surface area (Å²) in [7, 11) is 0. The first kappa shape index (κ1) is 11.5. The number of nitriles is 1. The third-order valence-electron chi connectivity index (χ3n) is 3.16. The van der Waals surface area contributed by atoms with E-state index in [0.29, 0.717) is 6.42 Å². The van der Waals surface area contributed by atoms with E-state index in [9.17, 15) is 0 Å². The van der Waals surface area contributed by atoms with Crippen molar-refractivity contribution in [1.82, 2.24) is 5.16 Å². The highest BCUT2D eigenvalue weighted by Gasteiger charge is 2.13. The molecule has 3 rings (SSSR count). The van der Waals surface area contributed by atoms with Crippen molar-refractivity contribution in [2.45, 2.75) is 13.3 Å². The average Bonchev–Trinajstić information content (AvgIpc) is 2.84. The second kappa shape index (κ2) is 4.58. The molecule has 1 heterocycles. The van der Waals surface area contributed by atoms with E-state index in [0.717, 1.165) is 33.4 Å². The van der Waals surface area contributed by atoms with Gasteiger partial charge in [-0.1, -0.05) is 41.6 Å². The van der Waals surface area contributed by atoms with Gasteiger partial charge < -0.3 is 4.52 Å².